The van der Waals surface area contributed by atoms with Crippen molar-refractivity contribution in [2.45, 2.75) is 13.0 Å². The van der Waals surface area contributed by atoms with Crippen molar-refractivity contribution < 1.29 is 19.0 Å². The molecule has 110 valence electrons. The molecule has 21 heavy (non-hydrogen) atoms. The van der Waals surface area contributed by atoms with Crippen molar-refractivity contribution in [3.8, 4) is 17.2 Å². The molecule has 0 aromatic heterocycles. The Morgan fingerprint density at radius 1 is 1.24 bits per heavy atom. The van der Waals surface area contributed by atoms with Crippen LogP contribution in [0.15, 0.2) is 30.3 Å². The first-order valence-corrected chi connectivity index (χ1v) is 6.76. The van der Waals surface area contributed by atoms with Gasteiger partial charge in [-0.2, -0.15) is 0 Å². The van der Waals surface area contributed by atoms with Gasteiger partial charge in [0.1, 0.15) is 11.6 Å². The molecule has 0 bridgehead atoms. The Hall–Kier alpha value is -2.14. The van der Waals surface area contributed by atoms with E-state index in [-0.39, 0.29) is 18.6 Å². The summed E-state index contributed by atoms with van der Waals surface area (Å²) in [5.74, 6) is 0.797. The zero-order valence-electron chi connectivity index (χ0n) is 11.2. The van der Waals surface area contributed by atoms with E-state index in [2.05, 4.69) is 5.32 Å². The Balaban J connectivity index is 1.88. The van der Waals surface area contributed by atoms with Crippen LogP contribution in [0.25, 0.3) is 0 Å². The number of nitrogens with one attached hydrogen (secondary N) is 1. The number of anilines is 1. The van der Waals surface area contributed by atoms with Gasteiger partial charge in [0, 0.05) is 17.7 Å². The lowest BCUT2D eigenvalue weighted by molar-refractivity contribution is 0.174. The predicted molar refractivity (Wildman–Crippen MR) is 77.7 cm³/mol. The maximum atomic E-state index is 13.3. The monoisotopic (exact) mass is 309 g/mol. The highest BCUT2D eigenvalue weighted by Crippen LogP contribution is 2.40. The van der Waals surface area contributed by atoms with E-state index in [9.17, 15) is 9.50 Å². The van der Waals surface area contributed by atoms with Crippen LogP contribution in [0.5, 0.6) is 17.2 Å². The number of halogens is 2. The van der Waals surface area contributed by atoms with Gasteiger partial charge in [-0.25, -0.2) is 4.39 Å². The Bertz CT molecular complexity index is 693. The summed E-state index contributed by atoms with van der Waals surface area (Å²) in [7, 11) is 0. The number of phenols is 1. The number of hydrogen-bond donors (Lipinski definition) is 2. The average molecular weight is 310 g/mol. The lowest BCUT2D eigenvalue weighted by Crippen LogP contribution is -2.07. The fourth-order valence-corrected chi connectivity index (χ4v) is 2.42. The fourth-order valence-electron chi connectivity index (χ4n) is 2.21. The predicted octanol–water partition coefficient (Wildman–Crippen LogP) is 4.09. The summed E-state index contributed by atoms with van der Waals surface area (Å²) in [4.78, 5) is 0. The lowest BCUT2D eigenvalue weighted by atomic mass is 10.1. The molecule has 1 aliphatic heterocycles. The topological polar surface area (TPSA) is 50.7 Å². The molecular formula is C15H13ClFNO3. The van der Waals surface area contributed by atoms with E-state index in [0.29, 0.717) is 27.8 Å². The van der Waals surface area contributed by atoms with Crippen molar-refractivity contribution in [3.05, 3.63) is 46.7 Å². The quantitative estimate of drug-likeness (QED) is 0.896. The normalized spacial score (nSPS) is 14.0. The standard InChI is InChI=1S/C15H13ClFNO3/c1-8(10-4-9(17)2-3-13(10)19)18-12-6-15-14(5-11(12)16)20-7-21-15/h2-6,8,18-19H,7H2,1H3. The molecule has 6 heteroatoms. The summed E-state index contributed by atoms with van der Waals surface area (Å²) in [6.45, 7) is 1.96. The second kappa shape index (κ2) is 5.33. The first-order chi connectivity index (χ1) is 10.0. The van der Waals surface area contributed by atoms with Crippen molar-refractivity contribution in [2.75, 3.05) is 12.1 Å². The van der Waals surface area contributed by atoms with E-state index in [4.69, 9.17) is 21.1 Å². The van der Waals surface area contributed by atoms with Crippen LogP contribution < -0.4 is 14.8 Å². The number of hydrogen-bond acceptors (Lipinski definition) is 4. The SMILES string of the molecule is CC(Nc1cc2c(cc1Cl)OCO2)c1cc(F)ccc1O. The molecule has 1 heterocycles. The Kier molecular flexibility index (Phi) is 3.51. The molecule has 0 fully saturated rings. The molecule has 0 amide bonds. The van der Waals surface area contributed by atoms with Crippen LogP contribution in [-0.2, 0) is 0 Å². The Morgan fingerprint density at radius 2 is 1.95 bits per heavy atom. The van der Waals surface area contributed by atoms with Crippen molar-refractivity contribution in [2.24, 2.45) is 0 Å². The van der Waals surface area contributed by atoms with Crippen molar-refractivity contribution >= 4 is 17.3 Å². The average Bonchev–Trinajstić information content (AvgIpc) is 2.88. The Labute approximate surface area is 126 Å². The van der Waals surface area contributed by atoms with Gasteiger partial charge >= 0.3 is 0 Å². The molecular weight excluding hydrogens is 297 g/mol. The molecule has 2 aromatic rings. The first-order valence-electron chi connectivity index (χ1n) is 6.38. The van der Waals surface area contributed by atoms with Crippen LogP contribution in [0.4, 0.5) is 10.1 Å². The van der Waals surface area contributed by atoms with Crippen molar-refractivity contribution in [1.29, 1.82) is 0 Å². The molecule has 0 saturated carbocycles. The zero-order valence-corrected chi connectivity index (χ0v) is 11.9. The van der Waals surface area contributed by atoms with Gasteiger partial charge in [0.25, 0.3) is 0 Å². The summed E-state index contributed by atoms with van der Waals surface area (Å²) in [6, 6.07) is 6.86. The second-order valence-electron chi connectivity index (χ2n) is 4.75. The van der Waals surface area contributed by atoms with Gasteiger partial charge in [0.05, 0.1) is 16.8 Å². The van der Waals surface area contributed by atoms with Crippen LogP contribution in [-0.4, -0.2) is 11.9 Å². The fraction of sp³-hybridized carbons (Fsp3) is 0.200. The number of rotatable bonds is 3. The third kappa shape index (κ3) is 2.69. The summed E-state index contributed by atoms with van der Waals surface area (Å²) in [5, 5.41) is 13.4. The lowest BCUT2D eigenvalue weighted by Gasteiger charge is -2.18. The van der Waals surface area contributed by atoms with Gasteiger partial charge in [-0.05, 0) is 25.1 Å². The smallest absolute Gasteiger partial charge is 0.231 e. The van der Waals surface area contributed by atoms with Crippen LogP contribution in [0, 0.1) is 5.82 Å². The molecule has 0 saturated heterocycles. The molecule has 0 spiro atoms. The minimum Gasteiger partial charge on any atom is -0.508 e. The summed E-state index contributed by atoms with van der Waals surface area (Å²) >= 11 is 6.18. The molecule has 1 unspecified atom stereocenters. The van der Waals surface area contributed by atoms with Crippen LogP contribution in [0.2, 0.25) is 5.02 Å². The summed E-state index contributed by atoms with van der Waals surface area (Å²) in [6.07, 6.45) is 0. The summed E-state index contributed by atoms with van der Waals surface area (Å²) < 4.78 is 23.8. The highest BCUT2D eigenvalue weighted by Gasteiger charge is 2.18. The highest BCUT2D eigenvalue weighted by atomic mass is 35.5. The van der Waals surface area contributed by atoms with E-state index < -0.39 is 5.82 Å². The van der Waals surface area contributed by atoms with Crippen LogP contribution in [0.3, 0.4) is 0 Å². The molecule has 2 N–H and O–H groups in total. The van der Waals surface area contributed by atoms with Gasteiger partial charge in [-0.1, -0.05) is 11.6 Å². The molecule has 4 nitrogen and oxygen atoms in total. The van der Waals surface area contributed by atoms with Crippen LogP contribution >= 0.6 is 11.6 Å². The minimum atomic E-state index is -0.409. The van der Waals surface area contributed by atoms with Crippen LogP contribution in [0.1, 0.15) is 18.5 Å². The van der Waals surface area contributed by atoms with E-state index in [1.807, 2.05) is 0 Å². The van der Waals surface area contributed by atoms with Gasteiger partial charge in [-0.15, -0.1) is 0 Å². The number of benzene rings is 2. The number of fused-ring (bicyclic) bond motifs is 1. The zero-order chi connectivity index (χ0) is 15.0. The van der Waals surface area contributed by atoms with E-state index in [1.165, 1.54) is 18.2 Å². The largest absolute Gasteiger partial charge is 0.508 e. The molecule has 0 aliphatic carbocycles. The van der Waals surface area contributed by atoms with Crippen molar-refractivity contribution in [3.63, 3.8) is 0 Å². The van der Waals surface area contributed by atoms with E-state index in [1.54, 1.807) is 19.1 Å². The summed E-state index contributed by atoms with van der Waals surface area (Å²) in [5.41, 5.74) is 1.07. The maximum Gasteiger partial charge on any atom is 0.231 e. The molecule has 1 atom stereocenters. The first kappa shape index (κ1) is 13.8. The maximum absolute atomic E-state index is 13.3. The number of phenolic OH excluding ortho intramolecular Hbond substituents is 1. The van der Waals surface area contributed by atoms with E-state index in [0.717, 1.165) is 0 Å². The number of ether oxygens (including phenoxy) is 2. The van der Waals surface area contributed by atoms with Crippen molar-refractivity contribution in [1.82, 2.24) is 0 Å². The molecule has 1 aliphatic rings. The minimum absolute atomic E-state index is 0.0215. The van der Waals surface area contributed by atoms with Gasteiger partial charge < -0.3 is 19.9 Å². The molecule has 3 rings (SSSR count). The molecule has 2 aromatic carbocycles. The van der Waals surface area contributed by atoms with E-state index >= 15 is 0 Å². The Morgan fingerprint density at radius 3 is 2.71 bits per heavy atom. The second-order valence-corrected chi connectivity index (χ2v) is 5.16. The molecule has 0 radical (unpaired) electrons. The van der Waals surface area contributed by atoms with Gasteiger partial charge in [0.2, 0.25) is 6.79 Å². The third-order valence-corrected chi connectivity index (χ3v) is 3.60. The number of aromatic hydroxyl groups is 1. The highest BCUT2D eigenvalue weighted by molar-refractivity contribution is 6.33. The van der Waals surface area contributed by atoms with Gasteiger partial charge in [0.15, 0.2) is 11.5 Å². The third-order valence-electron chi connectivity index (χ3n) is 3.29. The van der Waals surface area contributed by atoms with Gasteiger partial charge in [-0.3, -0.25) is 0 Å².